The van der Waals surface area contributed by atoms with Gasteiger partial charge in [0.1, 0.15) is 0 Å². The molecule has 0 fully saturated rings. The van der Waals surface area contributed by atoms with Crippen LogP contribution >= 0.6 is 0 Å². The first-order chi connectivity index (χ1) is 3.73. The van der Waals surface area contributed by atoms with E-state index in [1.54, 1.807) is 0 Å². The van der Waals surface area contributed by atoms with Crippen LogP contribution in [0.2, 0.25) is 0 Å². The fraction of sp³-hybridized carbons (Fsp3) is 1.00. The summed E-state index contributed by atoms with van der Waals surface area (Å²) in [6.07, 6.45) is 0. The Morgan fingerprint density at radius 3 is 0.889 bits per heavy atom. The minimum atomic E-state index is -4.94. The van der Waals surface area contributed by atoms with Crippen molar-refractivity contribution < 1.29 is 33.8 Å². The molecule has 0 bridgehead atoms. The lowest BCUT2D eigenvalue weighted by molar-refractivity contribution is -2.00. The maximum Gasteiger partial charge on any atom is 0.0661 e. The first-order valence-electron chi connectivity index (χ1n) is 2.12. The van der Waals surface area contributed by atoms with Gasteiger partial charge in [-0.2, -0.15) is 0 Å². The minimum absolute atomic E-state index is 1.42. The van der Waals surface area contributed by atoms with Crippen LogP contribution in [0.15, 0.2) is 0 Å². The number of nitrogens with one attached hydrogen (secondary N) is 1. The molecule has 6 heteroatoms. The zero-order valence-electron chi connectivity index (χ0n) is 5.51. The molecule has 0 aromatic carbocycles. The van der Waals surface area contributed by atoms with E-state index in [0.717, 1.165) is 0 Å². The summed E-state index contributed by atoms with van der Waals surface area (Å²) in [5.41, 5.74) is 0. The fourth-order valence-electron chi connectivity index (χ4n) is 0. The number of hydrogen-bond donors (Lipinski definition) is 1. The van der Waals surface area contributed by atoms with Crippen molar-refractivity contribution in [2.75, 3.05) is 21.1 Å². The summed E-state index contributed by atoms with van der Waals surface area (Å²) in [6, 6.07) is 0. The number of halogens is 1. The van der Waals surface area contributed by atoms with Gasteiger partial charge < -0.3 is 4.90 Å². The molecular weight excluding hydrogens is 149 g/mol. The van der Waals surface area contributed by atoms with Crippen molar-refractivity contribution in [3.05, 3.63) is 0 Å². The van der Waals surface area contributed by atoms with Crippen LogP contribution in [-0.4, -0.2) is 21.1 Å². The SMILES string of the molecule is C[NH+](C)C.[O-][Cl+3]([O-])([O-])[O-]. The Kier molecular flexibility index (Phi) is 6.47. The predicted molar refractivity (Wildman–Crippen MR) is 18.7 cm³/mol. The highest BCUT2D eigenvalue weighted by molar-refractivity contribution is 3.59. The lowest BCUT2D eigenvalue weighted by Crippen LogP contribution is -3.02. The first kappa shape index (κ1) is 11.8. The third kappa shape index (κ3) is 37000. The zero-order chi connectivity index (χ0) is 8.08. The van der Waals surface area contributed by atoms with Crippen LogP contribution in [0.1, 0.15) is 0 Å². The Labute approximate surface area is 55.9 Å². The van der Waals surface area contributed by atoms with Gasteiger partial charge in [0.25, 0.3) is 0 Å². The maximum absolute atomic E-state index is 8.49. The van der Waals surface area contributed by atoms with Crippen molar-refractivity contribution in [3.8, 4) is 0 Å². The molecule has 0 amide bonds. The van der Waals surface area contributed by atoms with Crippen molar-refractivity contribution in [2.24, 2.45) is 0 Å². The second-order valence-electron chi connectivity index (χ2n) is 1.88. The number of hydrogen-bond acceptors (Lipinski definition) is 4. The molecule has 0 saturated heterocycles. The molecule has 5 nitrogen and oxygen atoms in total. The highest BCUT2D eigenvalue weighted by atomic mass is 35.7. The van der Waals surface area contributed by atoms with E-state index < -0.39 is 10.2 Å². The molecule has 0 spiro atoms. The van der Waals surface area contributed by atoms with Crippen LogP contribution in [0.4, 0.5) is 0 Å². The summed E-state index contributed by atoms with van der Waals surface area (Å²) in [4.78, 5) is 1.42. The summed E-state index contributed by atoms with van der Waals surface area (Å²) in [5, 5.41) is 0. The molecule has 0 heterocycles. The molecule has 9 heavy (non-hydrogen) atoms. The molecule has 0 saturated carbocycles. The summed E-state index contributed by atoms with van der Waals surface area (Å²) in [6.45, 7) is 0. The van der Waals surface area contributed by atoms with Crippen molar-refractivity contribution in [1.82, 2.24) is 0 Å². The summed E-state index contributed by atoms with van der Waals surface area (Å²) in [7, 11) is 1.31. The lowest BCUT2D eigenvalue weighted by Gasteiger charge is -2.17. The van der Waals surface area contributed by atoms with E-state index in [2.05, 4.69) is 21.1 Å². The highest BCUT2D eigenvalue weighted by Crippen LogP contribution is 1.49. The van der Waals surface area contributed by atoms with Crippen LogP contribution in [0.5, 0.6) is 0 Å². The molecule has 0 aromatic rings. The van der Waals surface area contributed by atoms with Crippen LogP contribution < -0.4 is 23.5 Å². The number of rotatable bonds is 0. The van der Waals surface area contributed by atoms with Gasteiger partial charge in [-0.25, -0.2) is 18.6 Å². The lowest BCUT2D eigenvalue weighted by atomic mass is 11.0. The van der Waals surface area contributed by atoms with E-state index in [9.17, 15) is 0 Å². The normalized spacial score (nSPS) is 10.7. The third-order valence-corrected chi connectivity index (χ3v) is 0. The van der Waals surface area contributed by atoms with Gasteiger partial charge >= 0.3 is 0 Å². The fourth-order valence-corrected chi connectivity index (χ4v) is 0. The quantitative estimate of drug-likeness (QED) is 0.381. The molecule has 1 N–H and O–H groups in total. The summed E-state index contributed by atoms with van der Waals surface area (Å²) in [5.74, 6) is 0. The molecule has 0 atom stereocenters. The second-order valence-corrected chi connectivity index (χ2v) is 2.63. The Morgan fingerprint density at radius 2 is 0.889 bits per heavy atom. The van der Waals surface area contributed by atoms with Gasteiger partial charge in [0.2, 0.25) is 0 Å². The Hall–Kier alpha value is 0.0900. The van der Waals surface area contributed by atoms with Gasteiger partial charge in [-0.1, -0.05) is 0 Å². The molecule has 0 aliphatic rings. The van der Waals surface area contributed by atoms with Gasteiger partial charge in [-0.3, -0.25) is 0 Å². The van der Waals surface area contributed by atoms with Crippen LogP contribution in [0.25, 0.3) is 0 Å². The van der Waals surface area contributed by atoms with Crippen LogP contribution in [-0.2, 0) is 0 Å². The first-order valence-corrected chi connectivity index (χ1v) is 3.35. The van der Waals surface area contributed by atoms with Gasteiger partial charge in [-0.05, 0) is 0 Å². The van der Waals surface area contributed by atoms with E-state index >= 15 is 0 Å². The molecule has 0 rings (SSSR count). The topological polar surface area (TPSA) is 96.7 Å². The Bertz CT molecular complexity index is 52.6. The second kappa shape index (κ2) is 4.92. The van der Waals surface area contributed by atoms with Gasteiger partial charge in [0, 0.05) is 0 Å². The third-order valence-electron chi connectivity index (χ3n) is 0. The largest absolute Gasteiger partial charge is 0.342 e. The molecule has 0 aliphatic carbocycles. The van der Waals surface area contributed by atoms with Crippen molar-refractivity contribution in [1.29, 1.82) is 0 Å². The molecule has 58 valence electrons. The van der Waals surface area contributed by atoms with E-state index in [1.807, 2.05) is 0 Å². The molecule has 0 aromatic heterocycles. The predicted octanol–water partition coefficient (Wildman–Crippen LogP) is -6.00. The maximum atomic E-state index is 8.49. The van der Waals surface area contributed by atoms with Gasteiger partial charge in [-0.15, -0.1) is 10.2 Å². The van der Waals surface area contributed by atoms with Crippen molar-refractivity contribution in [3.63, 3.8) is 0 Å². The zero-order valence-corrected chi connectivity index (χ0v) is 6.27. The molecule has 0 aliphatic heterocycles. The van der Waals surface area contributed by atoms with Crippen LogP contribution in [0, 0.1) is 10.2 Å². The monoisotopic (exact) mass is 159 g/mol. The van der Waals surface area contributed by atoms with E-state index in [1.165, 1.54) is 4.90 Å². The average molecular weight is 160 g/mol. The standard InChI is InChI=1S/C3H9N.ClHO4/c1-4(2)3;2-1(3,4)5/h1-3H3;(H,2,3,4,5). The Balaban J connectivity index is 0. The molecular formula is C3H10ClNO4. The van der Waals surface area contributed by atoms with Crippen molar-refractivity contribution >= 4 is 0 Å². The molecule has 0 radical (unpaired) electrons. The summed E-state index contributed by atoms with van der Waals surface area (Å²) < 4.78 is 34.0. The van der Waals surface area contributed by atoms with Gasteiger partial charge in [0.15, 0.2) is 0 Å². The number of quaternary nitrogens is 1. The Morgan fingerprint density at radius 1 is 0.889 bits per heavy atom. The smallest absolute Gasteiger partial charge is 0.0661 e. The van der Waals surface area contributed by atoms with Crippen LogP contribution in [0.3, 0.4) is 0 Å². The van der Waals surface area contributed by atoms with E-state index in [-0.39, 0.29) is 0 Å². The molecule has 0 unspecified atom stereocenters. The highest BCUT2D eigenvalue weighted by Gasteiger charge is 1.84. The average Bonchev–Trinajstić information content (AvgIpc) is 1.19. The van der Waals surface area contributed by atoms with E-state index in [4.69, 9.17) is 18.6 Å². The van der Waals surface area contributed by atoms with E-state index in [0.29, 0.717) is 0 Å². The summed E-state index contributed by atoms with van der Waals surface area (Å²) >= 11 is 0. The minimum Gasteiger partial charge on any atom is -0.342 e. The van der Waals surface area contributed by atoms with Gasteiger partial charge in [0.05, 0.1) is 21.1 Å². The van der Waals surface area contributed by atoms with Crippen molar-refractivity contribution in [2.45, 2.75) is 0 Å².